The minimum absolute atomic E-state index is 0.0522. The predicted molar refractivity (Wildman–Crippen MR) is 136 cm³/mol. The number of hydrogen-bond donors (Lipinski definition) is 2. The highest BCUT2D eigenvalue weighted by Crippen LogP contribution is 2.21. The maximum Gasteiger partial charge on any atom is 0.253 e. The summed E-state index contributed by atoms with van der Waals surface area (Å²) in [5.41, 5.74) is 3.82. The van der Waals surface area contributed by atoms with E-state index in [-0.39, 0.29) is 11.7 Å². The lowest BCUT2D eigenvalue weighted by molar-refractivity contribution is 0.0375. The highest BCUT2D eigenvalue weighted by atomic mass is 32.1. The van der Waals surface area contributed by atoms with Crippen LogP contribution in [0.5, 0.6) is 0 Å². The zero-order chi connectivity index (χ0) is 23.2. The Morgan fingerprint density at radius 1 is 1.24 bits per heavy atom. The first-order chi connectivity index (χ1) is 16.0. The van der Waals surface area contributed by atoms with E-state index in [0.29, 0.717) is 18.2 Å². The normalized spacial score (nSPS) is 19.2. The fourth-order valence-electron chi connectivity index (χ4n) is 4.63. The molecule has 0 saturated carbocycles. The molecule has 2 fully saturated rings. The Labute approximate surface area is 201 Å². The van der Waals surface area contributed by atoms with Gasteiger partial charge < -0.3 is 24.7 Å². The molecule has 2 aromatic rings. The standard InChI is InChI=1S/C25H36N4O3S/c1-18-6-7-19(2)23-22(18)15-20(24(30)27-23)16-29(17-21-5-3-12-32-21)25(33)26-8-4-9-28-10-13-31-14-11-28/h6-7,15,21H,3-5,8-14,16-17H2,1-2H3,(H,26,33)(H,27,30). The zero-order valence-electron chi connectivity index (χ0n) is 19.8. The number of H-pyrrole nitrogens is 1. The molecule has 1 atom stereocenters. The number of ether oxygens (including phenoxy) is 2. The van der Waals surface area contributed by atoms with Crippen molar-refractivity contribution < 1.29 is 9.47 Å². The predicted octanol–water partition coefficient (Wildman–Crippen LogP) is 2.72. The van der Waals surface area contributed by atoms with Crippen molar-refractivity contribution in [1.82, 2.24) is 20.1 Å². The fraction of sp³-hybridized carbons (Fsp3) is 0.600. The van der Waals surface area contributed by atoms with Crippen LogP contribution in [0.4, 0.5) is 0 Å². The Morgan fingerprint density at radius 3 is 2.79 bits per heavy atom. The number of aromatic nitrogens is 1. The molecule has 33 heavy (non-hydrogen) atoms. The monoisotopic (exact) mass is 472 g/mol. The van der Waals surface area contributed by atoms with Crippen LogP contribution in [0.15, 0.2) is 23.0 Å². The summed E-state index contributed by atoms with van der Waals surface area (Å²) in [6, 6.07) is 6.18. The van der Waals surface area contributed by atoms with Gasteiger partial charge in [0.15, 0.2) is 5.11 Å². The van der Waals surface area contributed by atoms with Crippen LogP contribution in [0, 0.1) is 13.8 Å². The molecule has 1 unspecified atom stereocenters. The summed E-state index contributed by atoms with van der Waals surface area (Å²) in [5.74, 6) is 0. The van der Waals surface area contributed by atoms with E-state index in [1.807, 2.05) is 19.1 Å². The summed E-state index contributed by atoms with van der Waals surface area (Å²) in [4.78, 5) is 20.6. The third-order valence-electron chi connectivity index (χ3n) is 6.65. The van der Waals surface area contributed by atoms with Gasteiger partial charge >= 0.3 is 0 Å². The molecule has 7 nitrogen and oxygen atoms in total. The first-order valence-corrected chi connectivity index (χ1v) is 12.5. The van der Waals surface area contributed by atoms with Crippen molar-refractivity contribution in [2.75, 3.05) is 52.5 Å². The third-order valence-corrected chi connectivity index (χ3v) is 7.05. The fourth-order valence-corrected chi connectivity index (χ4v) is 4.87. The van der Waals surface area contributed by atoms with E-state index in [2.05, 4.69) is 33.1 Å². The number of nitrogens with one attached hydrogen (secondary N) is 2. The van der Waals surface area contributed by atoms with Crippen molar-refractivity contribution in [3.8, 4) is 0 Å². The molecule has 0 spiro atoms. The first kappa shape index (κ1) is 24.1. The summed E-state index contributed by atoms with van der Waals surface area (Å²) in [6.45, 7) is 11.5. The highest BCUT2D eigenvalue weighted by Gasteiger charge is 2.22. The minimum Gasteiger partial charge on any atom is -0.379 e. The van der Waals surface area contributed by atoms with Gasteiger partial charge in [0.1, 0.15) is 0 Å². The third kappa shape index (κ3) is 6.32. The summed E-state index contributed by atoms with van der Waals surface area (Å²) in [5, 5.41) is 5.20. The molecule has 180 valence electrons. The molecule has 2 saturated heterocycles. The lowest BCUT2D eigenvalue weighted by Crippen LogP contribution is -2.45. The molecule has 2 aliphatic rings. The van der Waals surface area contributed by atoms with Gasteiger partial charge in [-0.25, -0.2) is 0 Å². The number of pyridine rings is 1. The molecule has 0 amide bonds. The highest BCUT2D eigenvalue weighted by molar-refractivity contribution is 7.80. The zero-order valence-corrected chi connectivity index (χ0v) is 20.6. The van der Waals surface area contributed by atoms with Gasteiger partial charge in [0.2, 0.25) is 0 Å². The Bertz CT molecular complexity index is 1010. The maximum absolute atomic E-state index is 12.9. The van der Waals surface area contributed by atoms with Gasteiger partial charge in [0.05, 0.1) is 31.4 Å². The largest absolute Gasteiger partial charge is 0.379 e. The molecule has 8 heteroatoms. The van der Waals surface area contributed by atoms with Crippen molar-refractivity contribution in [2.24, 2.45) is 0 Å². The van der Waals surface area contributed by atoms with Gasteiger partial charge in [-0.3, -0.25) is 9.69 Å². The second-order valence-electron chi connectivity index (χ2n) is 9.17. The van der Waals surface area contributed by atoms with Crippen LogP contribution in [-0.4, -0.2) is 78.5 Å². The molecule has 4 rings (SSSR count). The van der Waals surface area contributed by atoms with Gasteiger partial charge in [0.25, 0.3) is 5.56 Å². The Kier molecular flexibility index (Phi) is 8.35. The van der Waals surface area contributed by atoms with Crippen LogP contribution >= 0.6 is 12.2 Å². The lowest BCUT2D eigenvalue weighted by Gasteiger charge is -2.29. The number of aromatic amines is 1. The van der Waals surface area contributed by atoms with Crippen molar-refractivity contribution in [2.45, 2.75) is 45.8 Å². The van der Waals surface area contributed by atoms with Gasteiger partial charge in [-0.05, 0) is 69.1 Å². The van der Waals surface area contributed by atoms with E-state index in [0.717, 1.165) is 92.9 Å². The van der Waals surface area contributed by atoms with Crippen LogP contribution in [0.25, 0.3) is 10.9 Å². The average Bonchev–Trinajstić information content (AvgIpc) is 3.33. The Balaban J connectivity index is 1.43. The van der Waals surface area contributed by atoms with Crippen molar-refractivity contribution in [1.29, 1.82) is 0 Å². The number of aryl methyl sites for hydroxylation is 2. The molecule has 1 aromatic carbocycles. The number of fused-ring (bicyclic) bond motifs is 1. The van der Waals surface area contributed by atoms with Gasteiger partial charge in [0, 0.05) is 43.7 Å². The molecule has 3 heterocycles. The van der Waals surface area contributed by atoms with Gasteiger partial charge in [-0.15, -0.1) is 0 Å². The SMILES string of the molecule is Cc1ccc(C)c2[nH]c(=O)c(CN(CC3CCCO3)C(=S)NCCCN3CCOCC3)cc12. The molecule has 0 aliphatic carbocycles. The van der Waals surface area contributed by atoms with Crippen LogP contribution in [0.3, 0.4) is 0 Å². The van der Waals surface area contributed by atoms with E-state index in [9.17, 15) is 4.79 Å². The smallest absolute Gasteiger partial charge is 0.253 e. The number of morpholine rings is 1. The van der Waals surface area contributed by atoms with Crippen molar-refractivity contribution in [3.05, 3.63) is 45.2 Å². The summed E-state index contributed by atoms with van der Waals surface area (Å²) < 4.78 is 11.3. The Morgan fingerprint density at radius 2 is 2.03 bits per heavy atom. The number of rotatable bonds is 8. The van der Waals surface area contributed by atoms with Crippen molar-refractivity contribution in [3.63, 3.8) is 0 Å². The van der Waals surface area contributed by atoms with Crippen LogP contribution < -0.4 is 10.9 Å². The second-order valence-corrected chi connectivity index (χ2v) is 9.55. The summed E-state index contributed by atoms with van der Waals surface area (Å²) >= 11 is 5.78. The number of benzene rings is 1. The van der Waals surface area contributed by atoms with E-state index >= 15 is 0 Å². The van der Waals surface area contributed by atoms with Gasteiger partial charge in [-0.2, -0.15) is 0 Å². The Hall–Kier alpha value is -2.00. The summed E-state index contributed by atoms with van der Waals surface area (Å²) in [6.07, 6.45) is 3.28. The minimum atomic E-state index is -0.0522. The number of thiocarbonyl (C=S) groups is 1. The molecule has 0 bridgehead atoms. The summed E-state index contributed by atoms with van der Waals surface area (Å²) in [7, 11) is 0. The van der Waals surface area contributed by atoms with Crippen LogP contribution in [0.2, 0.25) is 0 Å². The first-order valence-electron chi connectivity index (χ1n) is 12.1. The molecule has 2 N–H and O–H groups in total. The maximum atomic E-state index is 12.9. The van der Waals surface area contributed by atoms with Crippen LogP contribution in [0.1, 0.15) is 36.0 Å². The quantitative estimate of drug-likeness (QED) is 0.452. The topological polar surface area (TPSA) is 69.8 Å². The lowest BCUT2D eigenvalue weighted by atomic mass is 10.0. The van der Waals surface area contributed by atoms with E-state index in [1.165, 1.54) is 0 Å². The molecule has 1 aromatic heterocycles. The number of nitrogens with zero attached hydrogens (tertiary/aromatic N) is 2. The van der Waals surface area contributed by atoms with E-state index in [4.69, 9.17) is 21.7 Å². The van der Waals surface area contributed by atoms with Gasteiger partial charge in [-0.1, -0.05) is 12.1 Å². The molecular formula is C25H36N4O3S. The molecule has 2 aliphatic heterocycles. The van der Waals surface area contributed by atoms with Crippen molar-refractivity contribution >= 4 is 28.2 Å². The van der Waals surface area contributed by atoms with E-state index in [1.54, 1.807) is 0 Å². The molecular weight excluding hydrogens is 436 g/mol. The average molecular weight is 473 g/mol. The van der Waals surface area contributed by atoms with E-state index < -0.39 is 0 Å². The second kappa shape index (κ2) is 11.4. The molecule has 0 radical (unpaired) electrons. The number of hydrogen-bond acceptors (Lipinski definition) is 5. The van der Waals surface area contributed by atoms with Crippen LogP contribution in [-0.2, 0) is 16.0 Å².